The zero-order chi connectivity index (χ0) is 30.7. The predicted octanol–water partition coefficient (Wildman–Crippen LogP) is 4.75. The van der Waals surface area contributed by atoms with Crippen LogP contribution in [0, 0.1) is 0 Å². The summed E-state index contributed by atoms with van der Waals surface area (Å²) in [5.74, 6) is 0.344. The van der Waals surface area contributed by atoms with E-state index in [9.17, 15) is 18.3 Å². The Morgan fingerprint density at radius 1 is 0.837 bits per heavy atom. The van der Waals surface area contributed by atoms with Crippen molar-refractivity contribution >= 4 is 21.6 Å². The average molecular weight is 602 g/mol. The van der Waals surface area contributed by atoms with Crippen molar-refractivity contribution in [2.45, 2.75) is 45.1 Å². The fourth-order valence-corrected chi connectivity index (χ4v) is 5.22. The number of hydrogen-bond acceptors (Lipinski definition) is 6. The number of carbonyl (C=O) groups excluding carboxylic acids is 1. The number of carbonyl (C=O) groups is 1. The van der Waals surface area contributed by atoms with Gasteiger partial charge in [-0.1, -0.05) is 91.0 Å². The molecule has 0 spiro atoms. The summed E-state index contributed by atoms with van der Waals surface area (Å²) in [7, 11) is -3.57. The summed E-state index contributed by atoms with van der Waals surface area (Å²) in [6.07, 6.45) is 1.22. The second-order valence-corrected chi connectivity index (χ2v) is 12.4. The number of anilines is 1. The van der Waals surface area contributed by atoms with Gasteiger partial charge >= 0.3 is 0 Å². The van der Waals surface area contributed by atoms with E-state index in [0.717, 1.165) is 28.5 Å². The van der Waals surface area contributed by atoms with Gasteiger partial charge in [-0.25, -0.2) is 8.42 Å². The number of amides is 1. The maximum absolute atomic E-state index is 12.5. The third-order valence-electron chi connectivity index (χ3n) is 6.81. The van der Waals surface area contributed by atoms with E-state index in [1.165, 1.54) is 0 Å². The van der Waals surface area contributed by atoms with Gasteiger partial charge in [-0.2, -0.15) is 0 Å². The Kier molecular flexibility index (Phi) is 11.3. The van der Waals surface area contributed by atoms with Crippen molar-refractivity contribution in [2.75, 3.05) is 17.5 Å². The minimum absolute atomic E-state index is 0.0310. The van der Waals surface area contributed by atoms with Crippen LogP contribution in [0.15, 0.2) is 103 Å². The van der Waals surface area contributed by atoms with E-state index in [0.29, 0.717) is 30.7 Å². The zero-order valence-corrected chi connectivity index (χ0v) is 25.3. The van der Waals surface area contributed by atoms with Crippen LogP contribution in [0.2, 0.25) is 0 Å². The van der Waals surface area contributed by atoms with Crippen LogP contribution in [0.25, 0.3) is 0 Å². The van der Waals surface area contributed by atoms with Crippen molar-refractivity contribution < 1.29 is 23.1 Å². The fourth-order valence-electron chi connectivity index (χ4n) is 4.66. The Morgan fingerprint density at radius 2 is 1.49 bits per heavy atom. The lowest BCUT2D eigenvalue weighted by molar-refractivity contribution is -0.120. The van der Waals surface area contributed by atoms with E-state index in [-0.39, 0.29) is 30.8 Å². The highest BCUT2D eigenvalue weighted by Gasteiger charge is 2.16. The van der Waals surface area contributed by atoms with Gasteiger partial charge in [0.05, 0.1) is 24.5 Å². The Labute approximate surface area is 254 Å². The number of rotatable bonds is 15. The lowest BCUT2D eigenvalue weighted by Crippen LogP contribution is -2.32. The summed E-state index contributed by atoms with van der Waals surface area (Å²) >= 11 is 0. The van der Waals surface area contributed by atoms with E-state index < -0.39 is 16.1 Å². The number of nitrogens with one attached hydrogen (secondary N) is 3. The summed E-state index contributed by atoms with van der Waals surface area (Å²) in [4.78, 5) is 12.5. The topological polar surface area (TPSA) is 117 Å². The normalized spacial score (nSPS) is 12.7. The lowest BCUT2D eigenvalue weighted by atomic mass is 10.0. The molecule has 0 unspecified atom stereocenters. The summed E-state index contributed by atoms with van der Waals surface area (Å²) < 4.78 is 32.4. The van der Waals surface area contributed by atoms with Crippen LogP contribution < -0.4 is 20.1 Å². The molecule has 8 nitrogen and oxygen atoms in total. The number of aliphatic hydroxyl groups is 1. The molecule has 0 aromatic heterocycles. The minimum atomic E-state index is -3.57. The third-order valence-corrected chi connectivity index (χ3v) is 7.40. The maximum atomic E-state index is 12.5. The molecule has 1 amide bonds. The van der Waals surface area contributed by atoms with E-state index in [2.05, 4.69) is 15.4 Å². The predicted molar refractivity (Wildman–Crippen MR) is 170 cm³/mol. The van der Waals surface area contributed by atoms with Gasteiger partial charge < -0.3 is 20.5 Å². The highest BCUT2D eigenvalue weighted by molar-refractivity contribution is 7.92. The van der Waals surface area contributed by atoms with Crippen LogP contribution in [0.5, 0.6) is 5.75 Å². The molecule has 0 fully saturated rings. The molecule has 0 saturated heterocycles. The molecular weight excluding hydrogens is 562 g/mol. The van der Waals surface area contributed by atoms with Crippen LogP contribution in [-0.2, 0) is 40.8 Å². The van der Waals surface area contributed by atoms with Gasteiger partial charge in [0.2, 0.25) is 15.9 Å². The number of ether oxygens (including phenoxy) is 1. The molecule has 0 heterocycles. The molecule has 0 saturated carbocycles. The van der Waals surface area contributed by atoms with Crippen molar-refractivity contribution in [3.63, 3.8) is 0 Å². The van der Waals surface area contributed by atoms with Crippen molar-refractivity contribution in [2.24, 2.45) is 0 Å². The number of aliphatic hydroxyl groups excluding tert-OH is 1. The lowest BCUT2D eigenvalue weighted by Gasteiger charge is -2.20. The van der Waals surface area contributed by atoms with Gasteiger partial charge in [0.25, 0.3) is 0 Å². The van der Waals surface area contributed by atoms with E-state index in [1.54, 1.807) is 18.2 Å². The summed E-state index contributed by atoms with van der Waals surface area (Å²) in [6, 6.07) is 32.4. The monoisotopic (exact) mass is 601 g/mol. The molecule has 4 aromatic rings. The van der Waals surface area contributed by atoms with Gasteiger partial charge in [-0.3, -0.25) is 9.52 Å². The largest absolute Gasteiger partial charge is 0.487 e. The molecule has 0 radical (unpaired) electrons. The first-order valence-corrected chi connectivity index (χ1v) is 16.1. The summed E-state index contributed by atoms with van der Waals surface area (Å²) in [6.45, 7) is 3.08. The molecule has 43 heavy (non-hydrogen) atoms. The van der Waals surface area contributed by atoms with Crippen LogP contribution >= 0.6 is 0 Å². The second-order valence-electron chi connectivity index (χ2n) is 10.7. The van der Waals surface area contributed by atoms with Gasteiger partial charge in [0.15, 0.2) is 0 Å². The quantitative estimate of drug-likeness (QED) is 0.156. The Bertz CT molecular complexity index is 1580. The van der Waals surface area contributed by atoms with Crippen molar-refractivity contribution in [1.82, 2.24) is 10.6 Å². The SMILES string of the molecule is C[C@H](Cc1cccc(CC(=O)NCc2ccccc2)c1)NC[C@H](O)c1ccc(OCc2ccccc2)c(NS(C)(=O)=O)c1. The molecular formula is C34H39N3O5S. The van der Waals surface area contributed by atoms with Crippen LogP contribution in [-0.4, -0.2) is 38.3 Å². The molecule has 4 N–H and O–H groups in total. The number of sulfonamides is 1. The zero-order valence-electron chi connectivity index (χ0n) is 24.5. The van der Waals surface area contributed by atoms with Crippen LogP contribution in [0.1, 0.15) is 40.8 Å². The molecule has 0 aliphatic heterocycles. The highest BCUT2D eigenvalue weighted by atomic mass is 32.2. The molecule has 2 atom stereocenters. The van der Waals surface area contributed by atoms with Crippen molar-refractivity contribution in [1.29, 1.82) is 0 Å². The number of hydrogen-bond donors (Lipinski definition) is 4. The fraction of sp³-hybridized carbons (Fsp3) is 0.265. The first kappa shape index (κ1) is 31.7. The third kappa shape index (κ3) is 10.9. The first-order valence-electron chi connectivity index (χ1n) is 14.2. The van der Waals surface area contributed by atoms with Crippen LogP contribution in [0.3, 0.4) is 0 Å². The van der Waals surface area contributed by atoms with E-state index in [4.69, 9.17) is 4.74 Å². The van der Waals surface area contributed by atoms with Crippen LogP contribution in [0.4, 0.5) is 5.69 Å². The Morgan fingerprint density at radius 3 is 2.19 bits per heavy atom. The minimum Gasteiger partial charge on any atom is -0.487 e. The molecule has 4 aromatic carbocycles. The standard InChI is InChI=1S/C34H39N3O5S/c1-25(18-28-14-9-15-29(19-28)20-34(39)36-22-26-10-5-3-6-11-26)35-23-32(38)30-16-17-33(31(21-30)37-43(2,40)41)42-24-27-12-7-4-8-13-27/h3-17,19,21,25,32,35,37-38H,18,20,22-24H2,1-2H3,(H,36,39)/t25-,32+/m1/s1. The van der Waals surface area contributed by atoms with Crippen molar-refractivity contribution in [3.05, 3.63) is 131 Å². The number of benzene rings is 4. The molecule has 9 heteroatoms. The van der Waals surface area contributed by atoms with Gasteiger partial charge in [-0.05, 0) is 53.3 Å². The van der Waals surface area contributed by atoms with Gasteiger partial charge in [-0.15, -0.1) is 0 Å². The Hall–Kier alpha value is -4.18. The molecule has 0 aliphatic carbocycles. The first-order chi connectivity index (χ1) is 20.6. The molecule has 4 rings (SSSR count). The Balaban J connectivity index is 1.30. The average Bonchev–Trinajstić information content (AvgIpc) is 2.98. The smallest absolute Gasteiger partial charge is 0.229 e. The highest BCUT2D eigenvalue weighted by Crippen LogP contribution is 2.30. The van der Waals surface area contributed by atoms with E-state index in [1.807, 2.05) is 91.9 Å². The second kappa shape index (κ2) is 15.3. The maximum Gasteiger partial charge on any atom is 0.229 e. The summed E-state index contributed by atoms with van der Waals surface area (Å²) in [5.41, 5.74) is 4.86. The van der Waals surface area contributed by atoms with Crippen molar-refractivity contribution in [3.8, 4) is 5.75 Å². The van der Waals surface area contributed by atoms with Gasteiger partial charge in [0, 0.05) is 19.1 Å². The molecule has 226 valence electrons. The van der Waals surface area contributed by atoms with E-state index >= 15 is 0 Å². The molecule has 0 bridgehead atoms. The van der Waals surface area contributed by atoms with Gasteiger partial charge in [0.1, 0.15) is 12.4 Å². The summed E-state index contributed by atoms with van der Waals surface area (Å²) in [5, 5.41) is 17.2. The molecule has 0 aliphatic rings.